The van der Waals surface area contributed by atoms with Crippen molar-refractivity contribution in [2.45, 2.75) is 51.7 Å². The molecule has 1 amide bonds. The molecule has 4 N–H and O–H groups in total. The number of rotatable bonds is 5. The number of nitrogen functional groups attached to an aromatic ring is 1. The van der Waals surface area contributed by atoms with Gasteiger partial charge in [0.2, 0.25) is 5.91 Å². The highest BCUT2D eigenvalue weighted by atomic mass is 16.5. The molecule has 0 spiro atoms. The predicted molar refractivity (Wildman–Crippen MR) is 80.2 cm³/mol. The number of amides is 1. The molecule has 1 saturated carbocycles. The third-order valence-corrected chi connectivity index (χ3v) is 4.22. The van der Waals surface area contributed by atoms with E-state index in [4.69, 9.17) is 16.2 Å². The van der Waals surface area contributed by atoms with Crippen molar-refractivity contribution < 1.29 is 9.53 Å². The van der Waals surface area contributed by atoms with Crippen LogP contribution in [0, 0.1) is 5.92 Å². The molecular formula is C16H24N2O2. The van der Waals surface area contributed by atoms with E-state index in [0.29, 0.717) is 24.0 Å². The van der Waals surface area contributed by atoms with E-state index < -0.39 is 5.91 Å². The summed E-state index contributed by atoms with van der Waals surface area (Å²) in [6, 6.07) is 5.15. The Morgan fingerprint density at radius 2 is 2.20 bits per heavy atom. The molecule has 4 nitrogen and oxygen atoms in total. The largest absolute Gasteiger partial charge is 0.398 e. The Hall–Kier alpha value is -1.55. The van der Waals surface area contributed by atoms with Gasteiger partial charge in [-0.3, -0.25) is 4.79 Å². The summed E-state index contributed by atoms with van der Waals surface area (Å²) in [7, 11) is 0. The lowest BCUT2D eigenvalue weighted by Crippen LogP contribution is -2.22. The molecule has 2 rings (SSSR count). The molecular weight excluding hydrogens is 252 g/mol. The van der Waals surface area contributed by atoms with Crippen LogP contribution >= 0.6 is 0 Å². The van der Waals surface area contributed by atoms with E-state index in [1.54, 1.807) is 12.1 Å². The zero-order valence-electron chi connectivity index (χ0n) is 12.1. The number of ether oxygens (including phenoxy) is 1. The summed E-state index contributed by atoms with van der Waals surface area (Å²) in [5, 5.41) is 0. The van der Waals surface area contributed by atoms with Crippen molar-refractivity contribution in [3.05, 3.63) is 29.3 Å². The Kier molecular flexibility index (Phi) is 5.01. The number of hydrogen-bond donors (Lipinski definition) is 2. The van der Waals surface area contributed by atoms with Gasteiger partial charge in [-0.05, 0) is 30.9 Å². The lowest BCUT2D eigenvalue weighted by atomic mass is 9.85. The Morgan fingerprint density at radius 3 is 2.85 bits per heavy atom. The fraction of sp³-hybridized carbons (Fsp3) is 0.562. The van der Waals surface area contributed by atoms with Gasteiger partial charge in [-0.25, -0.2) is 0 Å². The molecule has 0 bridgehead atoms. The van der Waals surface area contributed by atoms with Gasteiger partial charge < -0.3 is 16.2 Å². The van der Waals surface area contributed by atoms with E-state index in [1.807, 2.05) is 6.07 Å². The zero-order valence-corrected chi connectivity index (χ0v) is 12.1. The van der Waals surface area contributed by atoms with Crippen molar-refractivity contribution >= 4 is 11.6 Å². The number of anilines is 1. The first-order valence-electron chi connectivity index (χ1n) is 7.40. The van der Waals surface area contributed by atoms with Crippen molar-refractivity contribution in [2.75, 3.05) is 5.73 Å². The number of carbonyl (C=O) groups excluding carboxylic acids is 1. The summed E-state index contributed by atoms with van der Waals surface area (Å²) >= 11 is 0. The molecule has 2 unspecified atom stereocenters. The lowest BCUT2D eigenvalue weighted by Gasteiger charge is -2.28. The van der Waals surface area contributed by atoms with Crippen LogP contribution in [0.25, 0.3) is 0 Å². The minimum Gasteiger partial charge on any atom is -0.398 e. The topological polar surface area (TPSA) is 78.3 Å². The van der Waals surface area contributed by atoms with Crippen molar-refractivity contribution in [3.63, 3.8) is 0 Å². The second-order valence-electron chi connectivity index (χ2n) is 5.65. The second-order valence-corrected chi connectivity index (χ2v) is 5.65. The van der Waals surface area contributed by atoms with Gasteiger partial charge in [0.15, 0.2) is 0 Å². The highest BCUT2D eigenvalue weighted by Crippen LogP contribution is 2.29. The van der Waals surface area contributed by atoms with Crippen LogP contribution in [0.5, 0.6) is 0 Å². The van der Waals surface area contributed by atoms with Gasteiger partial charge in [-0.2, -0.15) is 0 Å². The summed E-state index contributed by atoms with van der Waals surface area (Å²) < 4.78 is 5.99. The fourth-order valence-corrected chi connectivity index (χ4v) is 2.85. The molecule has 2 atom stereocenters. The smallest absolute Gasteiger partial charge is 0.248 e. The number of primary amides is 1. The zero-order chi connectivity index (χ0) is 14.5. The van der Waals surface area contributed by atoms with E-state index in [0.717, 1.165) is 24.3 Å². The number of carbonyl (C=O) groups is 1. The van der Waals surface area contributed by atoms with E-state index >= 15 is 0 Å². The van der Waals surface area contributed by atoms with Crippen molar-refractivity contribution in [1.29, 1.82) is 0 Å². The quantitative estimate of drug-likeness (QED) is 0.812. The molecule has 0 saturated heterocycles. The molecule has 0 radical (unpaired) electrons. The van der Waals surface area contributed by atoms with Crippen molar-refractivity contribution in [3.8, 4) is 0 Å². The molecule has 20 heavy (non-hydrogen) atoms. The van der Waals surface area contributed by atoms with Gasteiger partial charge in [-0.1, -0.05) is 32.3 Å². The maximum atomic E-state index is 11.1. The number of hydrogen-bond acceptors (Lipinski definition) is 3. The summed E-state index contributed by atoms with van der Waals surface area (Å²) in [4.78, 5) is 11.1. The van der Waals surface area contributed by atoms with Crippen LogP contribution in [-0.2, 0) is 11.3 Å². The fourth-order valence-electron chi connectivity index (χ4n) is 2.85. The van der Waals surface area contributed by atoms with Crippen LogP contribution in [0.1, 0.15) is 54.9 Å². The highest BCUT2D eigenvalue weighted by Gasteiger charge is 2.21. The van der Waals surface area contributed by atoms with E-state index in [2.05, 4.69) is 6.92 Å². The third kappa shape index (κ3) is 3.73. The van der Waals surface area contributed by atoms with Crippen molar-refractivity contribution in [2.24, 2.45) is 11.7 Å². The van der Waals surface area contributed by atoms with Gasteiger partial charge in [0.05, 0.1) is 12.7 Å². The highest BCUT2D eigenvalue weighted by molar-refractivity contribution is 5.93. The molecule has 1 aliphatic rings. The van der Waals surface area contributed by atoms with Gasteiger partial charge in [0.25, 0.3) is 0 Å². The van der Waals surface area contributed by atoms with Gasteiger partial charge in [-0.15, -0.1) is 0 Å². The SMILES string of the molecule is CCC1CCCC(OCc2ccc(C(N)=O)cc2N)C1. The first-order chi connectivity index (χ1) is 9.60. The normalized spacial score (nSPS) is 22.6. The Bertz CT molecular complexity index is 474. The average molecular weight is 276 g/mol. The molecule has 0 heterocycles. The minimum absolute atomic E-state index is 0.337. The third-order valence-electron chi connectivity index (χ3n) is 4.22. The van der Waals surface area contributed by atoms with Crippen LogP contribution in [0.3, 0.4) is 0 Å². The van der Waals surface area contributed by atoms with E-state index in [1.165, 1.54) is 19.3 Å². The van der Waals surface area contributed by atoms with E-state index in [-0.39, 0.29) is 0 Å². The van der Waals surface area contributed by atoms with Gasteiger partial charge in [0, 0.05) is 16.8 Å². The minimum atomic E-state index is -0.456. The molecule has 1 aromatic carbocycles. The monoisotopic (exact) mass is 276 g/mol. The molecule has 1 fully saturated rings. The Labute approximate surface area is 120 Å². The Morgan fingerprint density at radius 1 is 1.40 bits per heavy atom. The average Bonchev–Trinajstić information content (AvgIpc) is 2.46. The van der Waals surface area contributed by atoms with Crippen LogP contribution in [0.4, 0.5) is 5.69 Å². The van der Waals surface area contributed by atoms with Crippen molar-refractivity contribution in [1.82, 2.24) is 0 Å². The second kappa shape index (κ2) is 6.75. The van der Waals surface area contributed by atoms with Crippen LogP contribution < -0.4 is 11.5 Å². The number of nitrogens with two attached hydrogens (primary N) is 2. The molecule has 1 aliphatic carbocycles. The van der Waals surface area contributed by atoms with Gasteiger partial charge >= 0.3 is 0 Å². The summed E-state index contributed by atoms with van der Waals surface area (Å²) in [5.74, 6) is 0.338. The first-order valence-corrected chi connectivity index (χ1v) is 7.40. The maximum Gasteiger partial charge on any atom is 0.248 e. The molecule has 110 valence electrons. The van der Waals surface area contributed by atoms with Crippen LogP contribution in [0.2, 0.25) is 0 Å². The van der Waals surface area contributed by atoms with E-state index in [9.17, 15) is 4.79 Å². The molecule has 0 aromatic heterocycles. The lowest BCUT2D eigenvalue weighted by molar-refractivity contribution is 0.00201. The summed E-state index contributed by atoms with van der Waals surface area (Å²) in [5.41, 5.74) is 13.1. The summed E-state index contributed by atoms with van der Waals surface area (Å²) in [6.07, 6.45) is 6.43. The maximum absolute atomic E-state index is 11.1. The summed E-state index contributed by atoms with van der Waals surface area (Å²) in [6.45, 7) is 2.75. The van der Waals surface area contributed by atoms with Crippen LogP contribution in [-0.4, -0.2) is 12.0 Å². The molecule has 0 aliphatic heterocycles. The van der Waals surface area contributed by atoms with Crippen LogP contribution in [0.15, 0.2) is 18.2 Å². The Balaban J connectivity index is 1.92. The number of benzene rings is 1. The first kappa shape index (κ1) is 14.9. The predicted octanol–water partition coefficient (Wildman–Crippen LogP) is 2.85. The standard InChI is InChI=1S/C16H24N2O2/c1-2-11-4-3-5-14(8-11)20-10-13-7-6-12(16(18)19)9-15(13)17/h6-7,9,11,14H,2-5,8,10,17H2,1H3,(H2,18,19). The van der Waals surface area contributed by atoms with Gasteiger partial charge in [0.1, 0.15) is 0 Å². The molecule has 1 aromatic rings. The molecule has 4 heteroatoms.